The molecule has 2 aromatic heterocycles. The van der Waals surface area contributed by atoms with Crippen LogP contribution in [-0.4, -0.2) is 88.2 Å². The SMILES string of the molecule is COc1ccc2c(O[C@@H]3C[C@H]4C(=O)N[C@]5(C(=O)NC#N)CC5/C=C/CCCCC[C@@H](NC(=O)OC5CCCC5)C(=O)N4C3)cc(-c3csc(NC(C)C)n3)nc2c1. The van der Waals surface area contributed by atoms with Gasteiger partial charge in [0, 0.05) is 41.3 Å². The number of allylic oxidation sites excluding steroid dienone is 1. The summed E-state index contributed by atoms with van der Waals surface area (Å²) < 4.78 is 18.0. The number of alkyl carbamates (subject to hydrolysis) is 1. The van der Waals surface area contributed by atoms with Crippen LogP contribution in [0.4, 0.5) is 9.93 Å². The third-order valence-electron chi connectivity index (χ3n) is 11.1. The van der Waals surface area contributed by atoms with Gasteiger partial charge in [0.1, 0.15) is 47.0 Å². The molecule has 3 fully saturated rings. The maximum Gasteiger partial charge on any atom is 0.408 e. The minimum absolute atomic E-state index is 0.0297. The molecule has 0 bridgehead atoms. The van der Waals surface area contributed by atoms with Gasteiger partial charge >= 0.3 is 6.09 Å². The number of thiazole rings is 1. The van der Waals surface area contributed by atoms with E-state index in [1.807, 2.05) is 55.6 Å². The van der Waals surface area contributed by atoms with Gasteiger partial charge in [0.25, 0.3) is 5.91 Å². The molecule has 15 nitrogen and oxygen atoms in total. The number of benzene rings is 1. The first-order valence-electron chi connectivity index (χ1n) is 19.9. The lowest BCUT2D eigenvalue weighted by atomic mass is 10.0. The Morgan fingerprint density at radius 2 is 1.86 bits per heavy atom. The number of pyridine rings is 1. The molecule has 16 heteroatoms. The van der Waals surface area contributed by atoms with Crippen molar-refractivity contribution in [2.45, 2.75) is 120 Å². The van der Waals surface area contributed by atoms with Gasteiger partial charge in [-0.15, -0.1) is 11.3 Å². The number of fused-ring (bicyclic) bond motifs is 3. The number of hydrogen-bond donors (Lipinski definition) is 4. The fraction of sp³-hybridized carbons (Fsp3) is 0.537. The van der Waals surface area contributed by atoms with Crippen LogP contribution in [0, 0.1) is 17.4 Å². The van der Waals surface area contributed by atoms with Crippen LogP contribution in [0.25, 0.3) is 22.3 Å². The summed E-state index contributed by atoms with van der Waals surface area (Å²) >= 11 is 1.47. The molecular weight excluding hydrogens is 749 g/mol. The van der Waals surface area contributed by atoms with Gasteiger partial charge in [0.15, 0.2) is 11.3 Å². The predicted molar refractivity (Wildman–Crippen MR) is 213 cm³/mol. The van der Waals surface area contributed by atoms with Gasteiger partial charge in [-0.1, -0.05) is 25.0 Å². The van der Waals surface area contributed by atoms with Crippen LogP contribution in [0.15, 0.2) is 41.8 Å². The molecule has 1 saturated heterocycles. The number of rotatable bonds is 9. The van der Waals surface area contributed by atoms with Crippen LogP contribution in [0.1, 0.15) is 84.5 Å². The highest BCUT2D eigenvalue weighted by molar-refractivity contribution is 7.14. The number of amides is 4. The molecule has 0 spiro atoms. The van der Waals surface area contributed by atoms with E-state index in [0.29, 0.717) is 53.1 Å². The lowest BCUT2D eigenvalue weighted by Crippen LogP contribution is -2.57. The van der Waals surface area contributed by atoms with Gasteiger partial charge in [0.2, 0.25) is 11.8 Å². The van der Waals surface area contributed by atoms with Gasteiger partial charge in [-0.25, -0.2) is 14.8 Å². The molecule has 302 valence electrons. The molecule has 4 amide bonds. The average molecular weight is 799 g/mol. The summed E-state index contributed by atoms with van der Waals surface area (Å²) in [7, 11) is 1.58. The van der Waals surface area contributed by atoms with Gasteiger partial charge in [-0.3, -0.25) is 19.7 Å². The van der Waals surface area contributed by atoms with Crippen molar-refractivity contribution in [2.24, 2.45) is 5.92 Å². The van der Waals surface area contributed by atoms with E-state index in [0.717, 1.165) is 50.1 Å². The molecule has 2 aliphatic carbocycles. The van der Waals surface area contributed by atoms with E-state index in [2.05, 4.69) is 21.3 Å². The highest BCUT2D eigenvalue weighted by Crippen LogP contribution is 2.45. The second-order valence-corrected chi connectivity index (χ2v) is 16.5. The van der Waals surface area contributed by atoms with Crippen molar-refractivity contribution in [3.8, 4) is 29.1 Å². The lowest BCUT2D eigenvalue weighted by molar-refractivity contribution is -0.141. The molecule has 4 N–H and O–H groups in total. The molecule has 3 aromatic rings. The number of carbonyl (C=O) groups excluding carboxylic acids is 4. The summed E-state index contributed by atoms with van der Waals surface area (Å²) in [6.45, 7) is 4.10. The minimum Gasteiger partial charge on any atom is -0.497 e. The number of hydrogen-bond acceptors (Lipinski definition) is 12. The van der Waals surface area contributed by atoms with Crippen molar-refractivity contribution in [2.75, 3.05) is 19.0 Å². The Kier molecular flexibility index (Phi) is 12.1. The highest BCUT2D eigenvalue weighted by Gasteiger charge is 2.61. The van der Waals surface area contributed by atoms with E-state index in [-0.39, 0.29) is 31.0 Å². The number of anilines is 1. The van der Waals surface area contributed by atoms with Crippen molar-refractivity contribution < 1.29 is 33.4 Å². The summed E-state index contributed by atoms with van der Waals surface area (Å²) in [5.41, 5.74) is 0.507. The average Bonchev–Trinajstić information content (AvgIpc) is 3.62. The Bertz CT molecular complexity index is 2060. The van der Waals surface area contributed by atoms with E-state index in [1.165, 1.54) is 16.2 Å². The number of carbonyl (C=O) groups is 4. The van der Waals surface area contributed by atoms with E-state index < -0.39 is 47.5 Å². The summed E-state index contributed by atoms with van der Waals surface area (Å²) in [6.07, 6.45) is 11.5. The zero-order valence-corrected chi connectivity index (χ0v) is 33.4. The van der Waals surface area contributed by atoms with Crippen LogP contribution in [-0.2, 0) is 19.1 Å². The van der Waals surface area contributed by atoms with Crippen molar-refractivity contribution >= 4 is 51.2 Å². The quantitative estimate of drug-likeness (QED) is 0.120. The van der Waals surface area contributed by atoms with Crippen molar-refractivity contribution in [1.29, 1.82) is 5.26 Å². The number of nitrogens with zero attached hydrogens (tertiary/aromatic N) is 4. The smallest absolute Gasteiger partial charge is 0.408 e. The first-order valence-corrected chi connectivity index (χ1v) is 20.8. The maximum atomic E-state index is 14.6. The van der Waals surface area contributed by atoms with Gasteiger partial charge < -0.3 is 35.1 Å². The molecule has 4 aliphatic rings. The molecule has 5 atom stereocenters. The maximum absolute atomic E-state index is 14.6. The molecule has 2 aliphatic heterocycles. The highest BCUT2D eigenvalue weighted by atomic mass is 32.1. The Morgan fingerprint density at radius 3 is 2.63 bits per heavy atom. The van der Waals surface area contributed by atoms with E-state index in [4.69, 9.17) is 24.2 Å². The third kappa shape index (κ3) is 9.09. The minimum atomic E-state index is -1.33. The first kappa shape index (κ1) is 39.8. The predicted octanol–water partition coefficient (Wildman–Crippen LogP) is 5.57. The number of methoxy groups -OCH3 is 1. The molecular formula is C41H50N8O7S. The van der Waals surface area contributed by atoms with Crippen LogP contribution >= 0.6 is 11.3 Å². The summed E-state index contributed by atoms with van der Waals surface area (Å²) in [4.78, 5) is 66.6. The van der Waals surface area contributed by atoms with Crippen LogP contribution < -0.4 is 30.7 Å². The van der Waals surface area contributed by atoms with E-state index >= 15 is 0 Å². The Balaban J connectivity index is 1.21. The van der Waals surface area contributed by atoms with Crippen LogP contribution in [0.5, 0.6) is 11.5 Å². The normalized spacial score (nSPS) is 25.9. The zero-order valence-electron chi connectivity index (χ0n) is 32.5. The van der Waals surface area contributed by atoms with Gasteiger partial charge in [-0.05, 0) is 77.3 Å². The fourth-order valence-corrected chi connectivity index (χ4v) is 8.93. The number of aromatic nitrogens is 2. The standard InChI is InChI=1S/C41H50N8O7S/c1-24(2)44-39-46-33(22-57-39)32-19-35(29-16-15-27(54-3)17-31(29)45-32)55-28-18-34-36(50)48-41(38(52)43-23-42)20-25(41)11-7-5-4-6-8-14-30(37(51)49(34)21-28)47-40(53)56-26-12-9-10-13-26/h7,11,15-17,19,22,24-26,28,30,34H,4-6,8-10,12-14,18,20-21H2,1-3H3,(H,43,52)(H,44,46)(H,47,53)(H,48,50)/b11-7+/t25?,28-,30-,34+,41-/m1/s1. The van der Waals surface area contributed by atoms with E-state index in [1.54, 1.807) is 13.3 Å². The number of ether oxygens (including phenoxy) is 3. The second kappa shape index (κ2) is 17.4. The zero-order chi connectivity index (χ0) is 40.1. The molecule has 4 heterocycles. The van der Waals surface area contributed by atoms with E-state index in [9.17, 15) is 24.4 Å². The van der Waals surface area contributed by atoms with Crippen LogP contribution in [0.2, 0.25) is 0 Å². The Labute approximate surface area is 335 Å². The summed E-state index contributed by atoms with van der Waals surface area (Å²) in [5, 5.41) is 24.0. The summed E-state index contributed by atoms with van der Waals surface area (Å²) in [6, 6.07) is 5.49. The largest absolute Gasteiger partial charge is 0.497 e. The van der Waals surface area contributed by atoms with Crippen molar-refractivity contribution in [3.05, 3.63) is 41.8 Å². The summed E-state index contributed by atoms with van der Waals surface area (Å²) in [5.74, 6) is -0.790. The first-order chi connectivity index (χ1) is 27.6. The molecule has 1 unspecified atom stereocenters. The number of nitrogens with one attached hydrogen (secondary N) is 4. The molecule has 7 rings (SSSR count). The fourth-order valence-electron chi connectivity index (χ4n) is 8.08. The van der Waals surface area contributed by atoms with Crippen molar-refractivity contribution in [3.63, 3.8) is 0 Å². The van der Waals surface area contributed by atoms with Crippen LogP contribution in [0.3, 0.4) is 0 Å². The Morgan fingerprint density at radius 1 is 1.05 bits per heavy atom. The van der Waals surface area contributed by atoms with Gasteiger partial charge in [0.05, 0.1) is 24.9 Å². The Hall–Kier alpha value is -5.43. The molecule has 57 heavy (non-hydrogen) atoms. The monoisotopic (exact) mass is 798 g/mol. The molecule has 1 aromatic carbocycles. The third-order valence-corrected chi connectivity index (χ3v) is 11.9. The lowest BCUT2D eigenvalue weighted by Gasteiger charge is -2.29. The van der Waals surface area contributed by atoms with Gasteiger partial charge in [-0.2, -0.15) is 5.26 Å². The number of nitriles is 1. The topological polar surface area (TPSA) is 197 Å². The van der Waals surface area contributed by atoms with Crippen molar-refractivity contribution in [1.82, 2.24) is 30.8 Å². The molecule has 2 saturated carbocycles. The second-order valence-electron chi connectivity index (χ2n) is 15.6. The molecule has 0 radical (unpaired) electrons.